The highest BCUT2D eigenvalue weighted by atomic mass is 32.2. The molecule has 0 spiro atoms. The Balaban J connectivity index is 1.56. The third-order valence-corrected chi connectivity index (χ3v) is 6.41. The number of thioether (sulfide) groups is 1. The summed E-state index contributed by atoms with van der Waals surface area (Å²) in [6, 6.07) is 1.79. The number of fused-ring (bicyclic) bond motifs is 1. The summed E-state index contributed by atoms with van der Waals surface area (Å²) < 4.78 is 0. The summed E-state index contributed by atoms with van der Waals surface area (Å²) in [6.45, 7) is 5.41. The second-order valence-electron chi connectivity index (χ2n) is 6.36. The summed E-state index contributed by atoms with van der Waals surface area (Å²) in [7, 11) is 0. The molecule has 2 nitrogen and oxygen atoms in total. The molecule has 0 aromatic rings. The molecule has 0 bridgehead atoms. The molecule has 0 radical (unpaired) electrons. The molecule has 3 rings (SSSR count). The van der Waals surface area contributed by atoms with Crippen LogP contribution in [0.5, 0.6) is 0 Å². The van der Waals surface area contributed by atoms with E-state index >= 15 is 0 Å². The molecule has 3 heteroatoms. The first-order chi connectivity index (χ1) is 8.86. The molecule has 1 aliphatic carbocycles. The second-order valence-corrected chi connectivity index (χ2v) is 7.50. The Morgan fingerprint density at radius 3 is 2.56 bits per heavy atom. The van der Waals surface area contributed by atoms with Crippen LogP contribution in [0.1, 0.15) is 44.9 Å². The number of nitrogens with zero attached hydrogens (tertiary/aromatic N) is 2. The van der Waals surface area contributed by atoms with Crippen molar-refractivity contribution >= 4 is 11.8 Å². The minimum atomic E-state index is 0.891. The van der Waals surface area contributed by atoms with Crippen LogP contribution in [-0.4, -0.2) is 59.6 Å². The maximum atomic E-state index is 2.84. The zero-order valence-corrected chi connectivity index (χ0v) is 12.6. The van der Waals surface area contributed by atoms with Gasteiger partial charge in [0, 0.05) is 37.0 Å². The fourth-order valence-electron chi connectivity index (χ4n) is 4.18. The molecule has 3 atom stereocenters. The lowest BCUT2D eigenvalue weighted by Crippen LogP contribution is -2.57. The Morgan fingerprint density at radius 2 is 1.67 bits per heavy atom. The van der Waals surface area contributed by atoms with Gasteiger partial charge in [-0.15, -0.1) is 0 Å². The number of piperidine rings is 1. The predicted octanol–water partition coefficient (Wildman–Crippen LogP) is 2.83. The number of piperazine rings is 1. The summed E-state index contributed by atoms with van der Waals surface area (Å²) in [5, 5.41) is 0.938. The molecule has 3 fully saturated rings. The van der Waals surface area contributed by atoms with E-state index in [4.69, 9.17) is 0 Å². The van der Waals surface area contributed by atoms with Gasteiger partial charge in [0.25, 0.3) is 0 Å². The first kappa shape index (κ1) is 13.3. The first-order valence-electron chi connectivity index (χ1n) is 7.87. The van der Waals surface area contributed by atoms with Crippen molar-refractivity contribution in [3.8, 4) is 0 Å². The van der Waals surface area contributed by atoms with Gasteiger partial charge in [0.2, 0.25) is 0 Å². The molecule has 0 amide bonds. The summed E-state index contributed by atoms with van der Waals surface area (Å²) in [5.74, 6) is 0. The molecule has 3 unspecified atom stereocenters. The fraction of sp³-hybridized carbons (Fsp3) is 1.00. The molecule has 0 aromatic carbocycles. The van der Waals surface area contributed by atoms with Crippen LogP contribution >= 0.6 is 11.8 Å². The highest BCUT2D eigenvalue weighted by molar-refractivity contribution is 7.99. The van der Waals surface area contributed by atoms with Gasteiger partial charge >= 0.3 is 0 Å². The summed E-state index contributed by atoms with van der Waals surface area (Å²) in [5.41, 5.74) is 0. The van der Waals surface area contributed by atoms with E-state index in [-0.39, 0.29) is 0 Å². The van der Waals surface area contributed by atoms with Gasteiger partial charge in [0.15, 0.2) is 0 Å². The zero-order chi connectivity index (χ0) is 12.4. The molecule has 0 N–H and O–H groups in total. The van der Waals surface area contributed by atoms with Gasteiger partial charge in [-0.2, -0.15) is 11.8 Å². The van der Waals surface area contributed by atoms with Crippen LogP contribution in [0.3, 0.4) is 0 Å². The average molecular weight is 268 g/mol. The topological polar surface area (TPSA) is 6.48 Å². The van der Waals surface area contributed by atoms with E-state index < -0.39 is 0 Å². The van der Waals surface area contributed by atoms with E-state index in [9.17, 15) is 0 Å². The Kier molecular flexibility index (Phi) is 4.53. The summed E-state index contributed by atoms with van der Waals surface area (Å²) >= 11 is 2.10. The van der Waals surface area contributed by atoms with Crippen molar-refractivity contribution in [2.24, 2.45) is 0 Å². The van der Waals surface area contributed by atoms with Crippen molar-refractivity contribution in [3.05, 3.63) is 0 Å². The van der Waals surface area contributed by atoms with Crippen molar-refractivity contribution in [3.63, 3.8) is 0 Å². The lowest BCUT2D eigenvalue weighted by atomic mass is 9.91. The molecule has 3 aliphatic rings. The number of hydrogen-bond acceptors (Lipinski definition) is 3. The maximum Gasteiger partial charge on any atom is 0.0223 e. The first-order valence-corrected chi connectivity index (χ1v) is 9.16. The maximum absolute atomic E-state index is 2.84. The summed E-state index contributed by atoms with van der Waals surface area (Å²) in [6.07, 6.45) is 12.5. The van der Waals surface area contributed by atoms with Gasteiger partial charge in [0.05, 0.1) is 0 Å². The highest BCUT2D eigenvalue weighted by Crippen LogP contribution is 2.32. The molecule has 18 heavy (non-hydrogen) atoms. The van der Waals surface area contributed by atoms with Gasteiger partial charge in [-0.1, -0.05) is 12.8 Å². The van der Waals surface area contributed by atoms with Gasteiger partial charge in [-0.3, -0.25) is 9.80 Å². The third kappa shape index (κ3) is 2.88. The fourth-order valence-corrected chi connectivity index (χ4v) is 4.99. The third-order valence-electron chi connectivity index (χ3n) is 5.32. The van der Waals surface area contributed by atoms with Crippen LogP contribution in [-0.2, 0) is 0 Å². The standard InChI is InChI=1S/C15H28N2S/c1-18-15-7-4-6-13(11-15)17-10-9-16-8-3-2-5-14(16)12-17/h13-15H,2-12H2,1H3. The smallest absolute Gasteiger partial charge is 0.0223 e. The Labute approximate surface area is 116 Å². The molecular weight excluding hydrogens is 240 g/mol. The lowest BCUT2D eigenvalue weighted by Gasteiger charge is -2.48. The van der Waals surface area contributed by atoms with Gasteiger partial charge in [-0.25, -0.2) is 0 Å². The van der Waals surface area contributed by atoms with Crippen molar-refractivity contribution in [2.45, 2.75) is 62.3 Å². The Hall–Kier alpha value is 0.270. The van der Waals surface area contributed by atoms with Crippen molar-refractivity contribution < 1.29 is 0 Å². The quantitative estimate of drug-likeness (QED) is 0.760. The van der Waals surface area contributed by atoms with Crippen LogP contribution in [0.4, 0.5) is 0 Å². The monoisotopic (exact) mass is 268 g/mol. The van der Waals surface area contributed by atoms with E-state index in [1.165, 1.54) is 71.1 Å². The zero-order valence-electron chi connectivity index (χ0n) is 11.8. The minimum absolute atomic E-state index is 0.891. The van der Waals surface area contributed by atoms with E-state index in [1.54, 1.807) is 0 Å². The van der Waals surface area contributed by atoms with Crippen molar-refractivity contribution in [1.82, 2.24) is 9.80 Å². The molecular formula is C15H28N2S. The van der Waals surface area contributed by atoms with Crippen LogP contribution in [0, 0.1) is 0 Å². The average Bonchev–Trinajstić information content (AvgIpc) is 2.47. The van der Waals surface area contributed by atoms with Crippen molar-refractivity contribution in [1.29, 1.82) is 0 Å². The predicted molar refractivity (Wildman–Crippen MR) is 80.3 cm³/mol. The minimum Gasteiger partial charge on any atom is -0.298 e. The highest BCUT2D eigenvalue weighted by Gasteiger charge is 2.33. The molecule has 2 saturated heterocycles. The largest absolute Gasteiger partial charge is 0.298 e. The summed E-state index contributed by atoms with van der Waals surface area (Å²) in [4.78, 5) is 5.60. The molecule has 2 heterocycles. The van der Waals surface area contributed by atoms with Gasteiger partial charge in [-0.05, 0) is 44.9 Å². The number of hydrogen-bond donors (Lipinski definition) is 0. The second kappa shape index (κ2) is 6.15. The van der Waals surface area contributed by atoms with Crippen LogP contribution in [0.2, 0.25) is 0 Å². The van der Waals surface area contributed by atoms with E-state index in [0.717, 1.165) is 17.3 Å². The van der Waals surface area contributed by atoms with Crippen LogP contribution < -0.4 is 0 Å². The van der Waals surface area contributed by atoms with E-state index in [0.29, 0.717) is 0 Å². The van der Waals surface area contributed by atoms with Gasteiger partial charge in [0.1, 0.15) is 0 Å². The van der Waals surface area contributed by atoms with Crippen LogP contribution in [0.25, 0.3) is 0 Å². The van der Waals surface area contributed by atoms with E-state index in [1.807, 2.05) is 0 Å². The Bertz CT molecular complexity index is 271. The molecule has 1 saturated carbocycles. The normalized spacial score (nSPS) is 39.5. The Morgan fingerprint density at radius 1 is 0.833 bits per heavy atom. The van der Waals surface area contributed by atoms with Crippen LogP contribution in [0.15, 0.2) is 0 Å². The molecule has 2 aliphatic heterocycles. The molecule has 0 aromatic heterocycles. The lowest BCUT2D eigenvalue weighted by molar-refractivity contribution is 0.0192. The SMILES string of the molecule is CSC1CCCC(N2CCN3CCCCC3C2)C1. The molecule has 104 valence electrons. The number of rotatable bonds is 2. The van der Waals surface area contributed by atoms with Gasteiger partial charge < -0.3 is 0 Å². The van der Waals surface area contributed by atoms with E-state index in [2.05, 4.69) is 27.8 Å². The van der Waals surface area contributed by atoms with Crippen molar-refractivity contribution in [2.75, 3.05) is 32.4 Å².